The molecule has 2 aromatic heterocycles. The molecule has 3 aliphatic carbocycles. The molecule has 4 aromatic rings. The minimum absolute atomic E-state index is 0.189. The number of carbonyl (C=O) groups is 2. The van der Waals surface area contributed by atoms with E-state index in [1.54, 1.807) is 12.3 Å². The predicted molar refractivity (Wildman–Crippen MR) is 233 cm³/mol. The molecule has 2 aromatic carbocycles. The number of rotatable bonds is 13. The van der Waals surface area contributed by atoms with Crippen molar-refractivity contribution in [3.63, 3.8) is 0 Å². The Kier molecular flexibility index (Phi) is 12.3. The van der Waals surface area contributed by atoms with Crippen LogP contribution in [0.5, 0.6) is 5.88 Å². The molecule has 0 saturated carbocycles. The topological polar surface area (TPSA) is 198 Å². The van der Waals surface area contributed by atoms with Crippen molar-refractivity contribution >= 4 is 43.5 Å². The van der Waals surface area contributed by atoms with Gasteiger partial charge in [-0.15, -0.1) is 0 Å². The number of hydrogen-bond acceptors (Lipinski definition) is 10. The van der Waals surface area contributed by atoms with E-state index in [4.69, 9.17) is 4.74 Å². The summed E-state index contributed by atoms with van der Waals surface area (Å²) in [5.41, 5.74) is 9.24. The van der Waals surface area contributed by atoms with Gasteiger partial charge in [0.05, 0.1) is 18.0 Å². The maximum Gasteiger partial charge on any atom is 0.333 e. The Hall–Kier alpha value is -5.26. The van der Waals surface area contributed by atoms with Gasteiger partial charge in [0.25, 0.3) is 15.6 Å². The number of aryl methyl sites for hydroxylation is 3. The fraction of sp³-hybridized carbons (Fsp3) is 0.455. The number of methoxy groups -OCH3 is 1. The lowest BCUT2D eigenvalue weighted by Crippen LogP contribution is -2.46. The van der Waals surface area contributed by atoms with Crippen LogP contribution in [-0.4, -0.2) is 75.3 Å². The molecule has 0 bridgehead atoms. The van der Waals surface area contributed by atoms with Gasteiger partial charge >= 0.3 is 12.1 Å². The third-order valence-electron chi connectivity index (χ3n) is 12.7. The Bertz CT molecular complexity index is 2610. The van der Waals surface area contributed by atoms with Crippen LogP contribution in [0.15, 0.2) is 64.5 Å². The van der Waals surface area contributed by atoms with Gasteiger partial charge in [0.15, 0.2) is 0 Å². The van der Waals surface area contributed by atoms with Crippen molar-refractivity contribution in [2.75, 3.05) is 37.4 Å². The first kappa shape index (κ1) is 42.4. The maximum atomic E-state index is 13.5. The quantitative estimate of drug-likeness (QED) is 0.126. The highest BCUT2D eigenvalue weighted by molar-refractivity contribution is 7.90. The highest BCUT2D eigenvalue weighted by Gasteiger charge is 2.32. The largest absolute Gasteiger partial charge is 0.481 e. The zero-order chi connectivity index (χ0) is 42.9. The number of fused-ring (bicyclic) bond motifs is 3. The van der Waals surface area contributed by atoms with Crippen LogP contribution in [-0.2, 0) is 58.6 Å². The average molecular weight is 872 g/mol. The number of pyridine rings is 2. The van der Waals surface area contributed by atoms with E-state index >= 15 is 0 Å². The molecule has 1 atom stereocenters. The minimum Gasteiger partial charge on any atom is -0.481 e. The second kappa shape index (κ2) is 17.6. The second-order valence-electron chi connectivity index (χ2n) is 16.6. The molecule has 61 heavy (non-hydrogen) atoms. The first-order chi connectivity index (χ1) is 29.3. The van der Waals surface area contributed by atoms with Crippen molar-refractivity contribution in [3.05, 3.63) is 98.6 Å². The van der Waals surface area contributed by atoms with Crippen molar-refractivity contribution in [1.29, 1.82) is 0 Å². The van der Waals surface area contributed by atoms with Crippen LogP contribution in [0.1, 0.15) is 91.3 Å². The van der Waals surface area contributed by atoms with E-state index in [0.717, 1.165) is 96.9 Å². The Morgan fingerprint density at radius 2 is 1.44 bits per heavy atom. The molecule has 1 aliphatic heterocycles. The Morgan fingerprint density at radius 1 is 0.803 bits per heavy atom. The summed E-state index contributed by atoms with van der Waals surface area (Å²) in [5, 5.41) is 4.99. The summed E-state index contributed by atoms with van der Waals surface area (Å²) in [7, 11) is -6.75. The number of sulfonamides is 2. The number of ether oxygens (including phenoxy) is 1. The van der Waals surface area contributed by atoms with Gasteiger partial charge in [-0.2, -0.15) is 0 Å². The van der Waals surface area contributed by atoms with Gasteiger partial charge in [-0.3, -0.25) is 4.79 Å². The Labute approximate surface area is 356 Å². The van der Waals surface area contributed by atoms with Crippen molar-refractivity contribution in [2.45, 2.75) is 107 Å². The fourth-order valence-corrected chi connectivity index (χ4v) is 11.8. The van der Waals surface area contributed by atoms with E-state index in [9.17, 15) is 31.2 Å². The van der Waals surface area contributed by atoms with E-state index in [1.165, 1.54) is 41.1 Å². The number of carbonyl (C=O) groups excluding carboxylic acids is 2. The normalized spacial score (nSPS) is 17.0. The highest BCUT2D eigenvalue weighted by Crippen LogP contribution is 2.40. The van der Waals surface area contributed by atoms with E-state index < -0.39 is 37.4 Å². The van der Waals surface area contributed by atoms with E-state index in [-0.39, 0.29) is 16.5 Å². The maximum absolute atomic E-state index is 13.5. The number of nitrogens with zero attached hydrogens (tertiary/aromatic N) is 3. The summed E-state index contributed by atoms with van der Waals surface area (Å²) in [6.07, 6.45) is 13.0. The van der Waals surface area contributed by atoms with Gasteiger partial charge in [0, 0.05) is 41.8 Å². The third-order valence-corrected chi connectivity index (χ3v) is 15.9. The number of benzene rings is 2. The lowest BCUT2D eigenvalue weighted by molar-refractivity contribution is 0.221. The molecule has 4 N–H and O–H groups in total. The first-order valence-electron chi connectivity index (χ1n) is 21.2. The zero-order valence-electron chi connectivity index (χ0n) is 34.6. The minimum atomic E-state index is -4.29. The number of anilines is 2. The second-order valence-corrected chi connectivity index (χ2v) is 20.2. The van der Waals surface area contributed by atoms with Crippen LogP contribution >= 0.6 is 0 Å². The van der Waals surface area contributed by atoms with E-state index in [2.05, 4.69) is 36.0 Å². The fourth-order valence-electron chi connectivity index (χ4n) is 9.56. The number of likely N-dealkylation sites (tertiary alicyclic amines) is 1. The van der Waals surface area contributed by atoms with Crippen LogP contribution in [0, 0.1) is 0 Å². The molecule has 1 unspecified atom stereocenters. The summed E-state index contributed by atoms with van der Waals surface area (Å²) in [6.45, 7) is 3.51. The standard InChI is InChI=1S/C44H53N7O8S2/c1-28(51-27-34(15-17-40(51)52)61(57,58)49-44(54)47-42-36-12-4-9-30(36)25-31-10-5-13-37(31)42)7-6-22-50-23-19-33(20-24-50)60(55,56)48-43(53)46-41-35-11-3-8-29(35)14-16-38(41)32-18-21-45-39(26-32)59-2/h14-18,21,25-28,33H,3-13,19-20,22-24H2,1-2H3,(H2,46,48,53)(H2,47,49,54). The van der Waals surface area contributed by atoms with E-state index in [0.29, 0.717) is 56.9 Å². The Balaban J connectivity index is 0.827. The molecule has 0 spiro atoms. The molecular formula is C44H53N7O8S2. The highest BCUT2D eigenvalue weighted by atomic mass is 32.2. The molecule has 8 rings (SSSR count). The van der Waals surface area contributed by atoms with Crippen molar-refractivity contribution in [3.8, 4) is 17.0 Å². The van der Waals surface area contributed by atoms with Crippen molar-refractivity contribution in [2.24, 2.45) is 0 Å². The molecule has 3 heterocycles. The molecule has 324 valence electrons. The SMILES string of the molecule is COc1cc(-c2ccc3c(c2NC(=O)NS(=O)(=O)C2CCN(CCCC(C)n4cc(S(=O)(=O)NC(=O)Nc5c6c(cc7c5CCC7)CCC6)ccc4=O)CC2)CCC3)ccn1. The lowest BCUT2D eigenvalue weighted by Gasteiger charge is -2.31. The number of aromatic nitrogens is 2. The van der Waals surface area contributed by atoms with Gasteiger partial charge in [0.2, 0.25) is 15.9 Å². The average Bonchev–Trinajstić information content (AvgIpc) is 4.03. The number of urea groups is 2. The van der Waals surface area contributed by atoms with Crippen LogP contribution < -0.4 is 30.4 Å². The number of nitrogens with one attached hydrogen (secondary N) is 4. The van der Waals surface area contributed by atoms with Gasteiger partial charge in [-0.1, -0.05) is 18.2 Å². The molecule has 17 heteroatoms. The molecule has 4 aliphatic rings. The summed E-state index contributed by atoms with van der Waals surface area (Å²) in [4.78, 5) is 45.5. The lowest BCUT2D eigenvalue weighted by atomic mass is 9.98. The third kappa shape index (κ3) is 9.19. The van der Waals surface area contributed by atoms with Gasteiger partial charge in [-0.05, 0) is 161 Å². The van der Waals surface area contributed by atoms with E-state index in [1.807, 2.05) is 25.1 Å². The molecule has 15 nitrogen and oxygen atoms in total. The number of piperidine rings is 1. The van der Waals surface area contributed by atoms with Crippen LogP contribution in [0.3, 0.4) is 0 Å². The van der Waals surface area contributed by atoms with Crippen LogP contribution in [0.4, 0.5) is 21.0 Å². The smallest absolute Gasteiger partial charge is 0.333 e. The summed E-state index contributed by atoms with van der Waals surface area (Å²) < 4.78 is 64.8. The van der Waals surface area contributed by atoms with Gasteiger partial charge in [-0.25, -0.2) is 40.9 Å². The zero-order valence-corrected chi connectivity index (χ0v) is 36.2. The summed E-state index contributed by atoms with van der Waals surface area (Å²) in [6, 6.07) is 10.2. The molecule has 1 saturated heterocycles. The monoisotopic (exact) mass is 871 g/mol. The van der Waals surface area contributed by atoms with Crippen LogP contribution in [0.25, 0.3) is 11.1 Å². The summed E-state index contributed by atoms with van der Waals surface area (Å²) in [5.74, 6) is 0.426. The molecular weight excluding hydrogens is 819 g/mol. The summed E-state index contributed by atoms with van der Waals surface area (Å²) >= 11 is 0. The van der Waals surface area contributed by atoms with Gasteiger partial charge in [0.1, 0.15) is 4.90 Å². The Morgan fingerprint density at radius 3 is 2.13 bits per heavy atom. The number of amides is 4. The predicted octanol–water partition coefficient (Wildman–Crippen LogP) is 5.85. The van der Waals surface area contributed by atoms with Gasteiger partial charge < -0.3 is 24.8 Å². The van der Waals surface area contributed by atoms with Crippen LogP contribution in [0.2, 0.25) is 0 Å². The first-order valence-corrected chi connectivity index (χ1v) is 24.2. The molecule has 4 amide bonds. The van der Waals surface area contributed by atoms with Crippen molar-refractivity contribution < 1.29 is 31.2 Å². The molecule has 0 radical (unpaired) electrons. The molecule has 1 fully saturated rings. The number of hydrogen-bond donors (Lipinski definition) is 4. The van der Waals surface area contributed by atoms with Crippen molar-refractivity contribution in [1.82, 2.24) is 23.9 Å².